The van der Waals surface area contributed by atoms with Crippen LogP contribution in [0.25, 0.3) is 0 Å². The third-order valence-electron chi connectivity index (χ3n) is 4.02. The number of amides is 1. The van der Waals surface area contributed by atoms with Crippen LogP contribution in [-0.4, -0.2) is 34.2 Å². The van der Waals surface area contributed by atoms with E-state index >= 15 is 0 Å². The highest BCUT2D eigenvalue weighted by molar-refractivity contribution is 8.00. The first-order valence-electron chi connectivity index (χ1n) is 9.66. The van der Waals surface area contributed by atoms with Crippen LogP contribution < -0.4 is 10.1 Å². The zero-order valence-corrected chi connectivity index (χ0v) is 18.9. The van der Waals surface area contributed by atoms with Gasteiger partial charge in [0.15, 0.2) is 0 Å². The third kappa shape index (κ3) is 7.11. The number of carbonyl (C=O) groups is 1. The van der Waals surface area contributed by atoms with Crippen molar-refractivity contribution in [3.05, 3.63) is 60.0 Å². The Morgan fingerprint density at radius 1 is 1.07 bits per heavy atom. The number of hydrogen-bond donors (Lipinski definition) is 1. The Labute approximate surface area is 185 Å². The smallest absolute Gasteiger partial charge is 0.322 e. The van der Waals surface area contributed by atoms with Gasteiger partial charge in [-0.3, -0.25) is 10.1 Å². The number of carbonyl (C=O) groups excluding carboxylic acids is 1. The predicted molar refractivity (Wildman–Crippen MR) is 122 cm³/mol. The minimum absolute atomic E-state index is 0.136. The lowest BCUT2D eigenvalue weighted by Gasteiger charge is -2.05. The van der Waals surface area contributed by atoms with Gasteiger partial charge in [-0.1, -0.05) is 31.1 Å². The lowest BCUT2D eigenvalue weighted by atomic mass is 10.1. The lowest BCUT2D eigenvalue weighted by molar-refractivity contribution is -0.115. The van der Waals surface area contributed by atoms with Gasteiger partial charge in [0.25, 0.3) is 0 Å². The van der Waals surface area contributed by atoms with Crippen molar-refractivity contribution in [3.8, 4) is 5.75 Å². The van der Waals surface area contributed by atoms with Crippen molar-refractivity contribution in [2.45, 2.75) is 41.7 Å². The number of rotatable bonds is 10. The Hall–Kier alpha value is -2.45. The number of methoxy groups -OCH3 is 1. The van der Waals surface area contributed by atoms with E-state index in [4.69, 9.17) is 9.15 Å². The minimum Gasteiger partial charge on any atom is -0.497 e. The number of nitrogens with zero attached hydrogens (tertiary/aromatic N) is 2. The summed E-state index contributed by atoms with van der Waals surface area (Å²) in [5.41, 5.74) is 1.08. The Kier molecular flexibility index (Phi) is 8.21. The predicted octanol–water partition coefficient (Wildman–Crippen LogP) is 5.29. The van der Waals surface area contributed by atoms with E-state index in [0.717, 1.165) is 16.2 Å². The van der Waals surface area contributed by atoms with Crippen molar-refractivity contribution in [1.29, 1.82) is 0 Å². The van der Waals surface area contributed by atoms with Crippen molar-refractivity contribution in [2.75, 3.05) is 18.2 Å². The van der Waals surface area contributed by atoms with Crippen LogP contribution in [0.15, 0.2) is 62.7 Å². The summed E-state index contributed by atoms with van der Waals surface area (Å²) in [7, 11) is 1.64. The van der Waals surface area contributed by atoms with Crippen molar-refractivity contribution >= 4 is 35.4 Å². The molecule has 0 aliphatic rings. The molecule has 3 rings (SSSR count). The molecule has 0 fully saturated rings. The van der Waals surface area contributed by atoms with E-state index in [-0.39, 0.29) is 11.9 Å². The fraction of sp³-hybridized carbons (Fsp3) is 0.318. The highest BCUT2D eigenvalue weighted by atomic mass is 32.2. The molecule has 0 spiro atoms. The highest BCUT2D eigenvalue weighted by Gasteiger charge is 2.11. The molecule has 8 heteroatoms. The second-order valence-corrected chi connectivity index (χ2v) is 9.63. The maximum Gasteiger partial charge on any atom is 0.322 e. The molecule has 2 aromatic carbocycles. The molecule has 0 aliphatic heterocycles. The summed E-state index contributed by atoms with van der Waals surface area (Å²) in [6.07, 6.45) is 0.881. The van der Waals surface area contributed by atoms with E-state index in [2.05, 4.69) is 53.6 Å². The first-order valence-corrected chi connectivity index (χ1v) is 11.5. The van der Waals surface area contributed by atoms with E-state index in [1.54, 1.807) is 18.9 Å². The van der Waals surface area contributed by atoms with Crippen LogP contribution in [0.5, 0.6) is 5.75 Å². The average molecular weight is 444 g/mol. The molecule has 0 atom stereocenters. The lowest BCUT2D eigenvalue weighted by Crippen LogP contribution is -2.12. The molecule has 30 heavy (non-hydrogen) atoms. The van der Waals surface area contributed by atoms with Gasteiger partial charge in [0.05, 0.1) is 13.5 Å². The van der Waals surface area contributed by atoms with Crippen LogP contribution >= 0.6 is 23.5 Å². The summed E-state index contributed by atoms with van der Waals surface area (Å²) in [5, 5.41) is 11.2. The van der Waals surface area contributed by atoms with Crippen LogP contribution in [0.4, 0.5) is 6.01 Å². The molecule has 1 N–H and O–H groups in total. The van der Waals surface area contributed by atoms with Gasteiger partial charge in [-0.2, -0.15) is 0 Å². The molecule has 0 saturated heterocycles. The SMILES string of the molecule is COc1ccc(SCCC(=O)Nc2nnc(Cc3ccc(SC(C)C)cc3)o2)cc1. The number of aromatic nitrogens is 2. The van der Waals surface area contributed by atoms with E-state index in [1.165, 1.54) is 4.90 Å². The number of anilines is 1. The van der Waals surface area contributed by atoms with Gasteiger partial charge in [0, 0.05) is 27.2 Å². The van der Waals surface area contributed by atoms with Crippen molar-refractivity contribution in [3.63, 3.8) is 0 Å². The van der Waals surface area contributed by atoms with Crippen LogP contribution in [0.1, 0.15) is 31.7 Å². The fourth-order valence-electron chi connectivity index (χ4n) is 2.62. The molecule has 1 amide bonds. The summed E-state index contributed by atoms with van der Waals surface area (Å²) in [6.45, 7) is 4.34. The molecule has 1 aromatic heterocycles. The first kappa shape index (κ1) is 22.2. The zero-order chi connectivity index (χ0) is 21.3. The van der Waals surface area contributed by atoms with Crippen molar-refractivity contribution in [2.24, 2.45) is 0 Å². The quantitative estimate of drug-likeness (QED) is 0.427. The van der Waals surface area contributed by atoms with Crippen molar-refractivity contribution < 1.29 is 13.9 Å². The number of ether oxygens (including phenoxy) is 1. The topological polar surface area (TPSA) is 77.2 Å². The second-order valence-electron chi connectivity index (χ2n) is 6.81. The molecule has 0 unspecified atom stereocenters. The molecule has 158 valence electrons. The van der Waals surface area contributed by atoms with Gasteiger partial charge in [-0.25, -0.2) is 0 Å². The second kappa shape index (κ2) is 11.1. The summed E-state index contributed by atoms with van der Waals surface area (Å²) >= 11 is 3.43. The number of benzene rings is 2. The van der Waals surface area contributed by atoms with Gasteiger partial charge in [-0.15, -0.1) is 28.6 Å². The largest absolute Gasteiger partial charge is 0.497 e. The number of nitrogens with one attached hydrogen (secondary N) is 1. The maximum atomic E-state index is 12.1. The summed E-state index contributed by atoms with van der Waals surface area (Å²) in [5.74, 6) is 1.79. The van der Waals surface area contributed by atoms with Crippen LogP contribution in [0.2, 0.25) is 0 Å². The molecule has 0 bridgehead atoms. The van der Waals surface area contributed by atoms with E-state index in [0.29, 0.717) is 29.7 Å². The minimum atomic E-state index is -0.152. The summed E-state index contributed by atoms with van der Waals surface area (Å²) in [4.78, 5) is 14.4. The molecular weight excluding hydrogens is 418 g/mol. The number of hydrogen-bond acceptors (Lipinski definition) is 7. The van der Waals surface area contributed by atoms with E-state index in [9.17, 15) is 4.79 Å². The highest BCUT2D eigenvalue weighted by Crippen LogP contribution is 2.24. The average Bonchev–Trinajstić information content (AvgIpc) is 3.16. The molecule has 3 aromatic rings. The van der Waals surface area contributed by atoms with Crippen molar-refractivity contribution in [1.82, 2.24) is 10.2 Å². The maximum absolute atomic E-state index is 12.1. The van der Waals surface area contributed by atoms with Gasteiger partial charge in [0.1, 0.15) is 5.75 Å². The Balaban J connectivity index is 1.43. The van der Waals surface area contributed by atoms with Gasteiger partial charge in [0.2, 0.25) is 11.8 Å². The van der Waals surface area contributed by atoms with E-state index < -0.39 is 0 Å². The molecule has 0 saturated carbocycles. The number of thioether (sulfide) groups is 2. The van der Waals surface area contributed by atoms with Gasteiger partial charge < -0.3 is 9.15 Å². The molecule has 0 aliphatic carbocycles. The van der Waals surface area contributed by atoms with Crippen LogP contribution in [0, 0.1) is 0 Å². The summed E-state index contributed by atoms with van der Waals surface area (Å²) < 4.78 is 10.7. The molecule has 1 heterocycles. The third-order valence-corrected chi connectivity index (χ3v) is 6.05. The Morgan fingerprint density at radius 3 is 2.43 bits per heavy atom. The molecule has 0 radical (unpaired) electrons. The van der Waals surface area contributed by atoms with Crippen LogP contribution in [-0.2, 0) is 11.2 Å². The standard InChI is InChI=1S/C22H25N3O3S2/c1-15(2)30-19-8-4-16(5-9-19)14-21-24-25-22(28-21)23-20(26)12-13-29-18-10-6-17(27-3)7-11-18/h4-11,15H,12-14H2,1-3H3,(H,23,25,26). The zero-order valence-electron chi connectivity index (χ0n) is 17.3. The summed E-state index contributed by atoms with van der Waals surface area (Å²) in [6, 6.07) is 16.2. The fourth-order valence-corrected chi connectivity index (χ4v) is 4.31. The normalized spacial score (nSPS) is 10.9. The molecular formula is C22H25N3O3S2. The Bertz CT molecular complexity index is 941. The van der Waals surface area contributed by atoms with E-state index in [1.807, 2.05) is 36.0 Å². The van der Waals surface area contributed by atoms with Gasteiger partial charge >= 0.3 is 6.01 Å². The first-order chi connectivity index (χ1) is 14.5. The van der Waals surface area contributed by atoms with Gasteiger partial charge in [-0.05, 0) is 42.0 Å². The monoisotopic (exact) mass is 443 g/mol. The molecule has 6 nitrogen and oxygen atoms in total. The Morgan fingerprint density at radius 2 is 1.77 bits per heavy atom. The van der Waals surface area contributed by atoms with Crippen LogP contribution in [0.3, 0.4) is 0 Å².